The predicted octanol–water partition coefficient (Wildman–Crippen LogP) is 3.41. The Hall–Kier alpha value is -2.57. The number of hydrogen-bond donors (Lipinski definition) is 1. The summed E-state index contributed by atoms with van der Waals surface area (Å²) in [5.41, 5.74) is 0.534. The molecule has 2 heterocycles. The number of Topliss-reactive ketones (excluding diaryl/α,β-unsaturated/α-hetero) is 1. The van der Waals surface area contributed by atoms with Crippen molar-refractivity contribution in [1.82, 2.24) is 10.2 Å². The van der Waals surface area contributed by atoms with Crippen molar-refractivity contribution in [3.63, 3.8) is 0 Å². The fraction of sp³-hybridized carbons (Fsp3) is 0.348. The van der Waals surface area contributed by atoms with Gasteiger partial charge in [-0.15, -0.1) is 0 Å². The molecule has 1 N–H and O–H groups in total. The van der Waals surface area contributed by atoms with Crippen LogP contribution in [0.1, 0.15) is 24.8 Å². The van der Waals surface area contributed by atoms with Crippen LogP contribution in [-0.2, 0) is 19.9 Å². The third-order valence-electron chi connectivity index (χ3n) is 6.01. The Balaban J connectivity index is 1.40. The van der Waals surface area contributed by atoms with Crippen LogP contribution in [0.3, 0.4) is 0 Å². The summed E-state index contributed by atoms with van der Waals surface area (Å²) >= 11 is 12.1. The normalized spacial score (nSPS) is 21.4. The van der Waals surface area contributed by atoms with E-state index in [-0.39, 0.29) is 36.9 Å². The zero-order valence-electron chi connectivity index (χ0n) is 16.9. The molecule has 6 nitrogen and oxygen atoms in total. The summed E-state index contributed by atoms with van der Waals surface area (Å²) < 4.78 is 0. The van der Waals surface area contributed by atoms with Crippen LogP contribution in [0.2, 0.25) is 10.0 Å². The van der Waals surface area contributed by atoms with Crippen molar-refractivity contribution in [2.75, 3.05) is 31.1 Å². The molecule has 0 aromatic heterocycles. The predicted molar refractivity (Wildman–Crippen MR) is 120 cm³/mol. The summed E-state index contributed by atoms with van der Waals surface area (Å²) in [5.74, 6) is -0.547. The van der Waals surface area contributed by atoms with Crippen molar-refractivity contribution in [3.8, 4) is 0 Å². The van der Waals surface area contributed by atoms with Crippen LogP contribution < -0.4 is 10.2 Å². The Kier molecular flexibility index (Phi) is 6.21. The van der Waals surface area contributed by atoms with E-state index in [4.69, 9.17) is 23.2 Å². The van der Waals surface area contributed by atoms with Crippen LogP contribution in [0.25, 0.3) is 0 Å². The van der Waals surface area contributed by atoms with E-state index >= 15 is 0 Å². The Morgan fingerprint density at radius 2 is 1.68 bits per heavy atom. The largest absolute Gasteiger partial charge is 0.368 e. The molecule has 0 aliphatic carbocycles. The molecule has 2 aliphatic heterocycles. The Bertz CT molecular complexity index is 1000. The van der Waals surface area contributed by atoms with Crippen LogP contribution >= 0.6 is 23.2 Å². The number of carbonyl (C=O) groups is 3. The highest BCUT2D eigenvalue weighted by atomic mass is 35.5. The third-order valence-corrected chi connectivity index (χ3v) is 6.49. The molecular formula is C23H23Cl2N3O3. The van der Waals surface area contributed by atoms with Crippen LogP contribution in [0.4, 0.5) is 5.69 Å². The lowest BCUT2D eigenvalue weighted by molar-refractivity contribution is -0.132. The maximum absolute atomic E-state index is 12.9. The number of nitrogens with one attached hydrogen (secondary N) is 1. The number of halogens is 2. The number of hydrogen-bond acceptors (Lipinski definition) is 4. The second-order valence-corrected chi connectivity index (χ2v) is 8.78. The highest BCUT2D eigenvalue weighted by molar-refractivity contribution is 6.31. The number of carbonyl (C=O) groups excluding carboxylic acids is 3. The summed E-state index contributed by atoms with van der Waals surface area (Å²) in [4.78, 5) is 41.7. The van der Waals surface area contributed by atoms with Gasteiger partial charge in [0.15, 0.2) is 5.78 Å². The smallest absolute Gasteiger partial charge is 0.228 e. The van der Waals surface area contributed by atoms with Gasteiger partial charge in [-0.3, -0.25) is 14.4 Å². The van der Waals surface area contributed by atoms with Crippen LogP contribution in [0.15, 0.2) is 48.5 Å². The van der Waals surface area contributed by atoms with Gasteiger partial charge in [-0.25, -0.2) is 0 Å². The second-order valence-electron chi connectivity index (χ2n) is 7.91. The van der Waals surface area contributed by atoms with Gasteiger partial charge in [-0.2, -0.15) is 0 Å². The van der Waals surface area contributed by atoms with Gasteiger partial charge < -0.3 is 15.1 Å². The SMILES string of the molecule is O=C1CC(=O)C(CCC(=O)N2CCN(c3cccc(Cl)c3)CC2)(c2ccc(Cl)cc2)N1. The van der Waals surface area contributed by atoms with Crippen molar-refractivity contribution in [1.29, 1.82) is 0 Å². The molecule has 1 unspecified atom stereocenters. The molecule has 0 radical (unpaired) electrons. The molecule has 162 valence electrons. The summed E-state index contributed by atoms with van der Waals surface area (Å²) in [6.07, 6.45) is 0.230. The van der Waals surface area contributed by atoms with E-state index in [1.54, 1.807) is 24.3 Å². The number of rotatable bonds is 5. The fourth-order valence-corrected chi connectivity index (χ4v) is 4.61. The highest BCUT2D eigenvalue weighted by Crippen LogP contribution is 2.34. The van der Waals surface area contributed by atoms with E-state index in [2.05, 4.69) is 10.2 Å². The molecule has 31 heavy (non-hydrogen) atoms. The Morgan fingerprint density at radius 1 is 0.968 bits per heavy atom. The molecule has 1 atom stereocenters. The molecule has 0 spiro atoms. The first-order chi connectivity index (χ1) is 14.9. The molecule has 2 aromatic rings. The van der Waals surface area contributed by atoms with E-state index < -0.39 is 5.54 Å². The van der Waals surface area contributed by atoms with Gasteiger partial charge in [0.05, 0.1) is 6.42 Å². The average Bonchev–Trinajstić information content (AvgIpc) is 3.06. The fourth-order valence-electron chi connectivity index (χ4n) is 4.30. The number of piperazine rings is 1. The third kappa shape index (κ3) is 4.55. The molecule has 2 aromatic carbocycles. The molecule has 8 heteroatoms. The Labute approximate surface area is 191 Å². The number of anilines is 1. The standard InChI is InChI=1S/C23H23Cl2N3O3/c24-17-6-4-16(5-7-17)23(20(29)15-21(30)26-23)9-8-22(31)28-12-10-27(11-13-28)19-3-1-2-18(25)14-19/h1-7,14H,8-13,15H2,(H,26,30). The van der Waals surface area contributed by atoms with Gasteiger partial charge in [-0.05, 0) is 42.3 Å². The minimum atomic E-state index is -1.17. The first-order valence-electron chi connectivity index (χ1n) is 10.3. The molecule has 4 rings (SSSR count). The van der Waals surface area contributed by atoms with Gasteiger partial charge in [0.2, 0.25) is 11.8 Å². The second kappa shape index (κ2) is 8.89. The maximum Gasteiger partial charge on any atom is 0.228 e. The van der Waals surface area contributed by atoms with Crippen molar-refractivity contribution in [3.05, 3.63) is 64.1 Å². The maximum atomic E-state index is 12.9. The molecular weight excluding hydrogens is 437 g/mol. The Morgan fingerprint density at radius 3 is 2.29 bits per heavy atom. The zero-order chi connectivity index (χ0) is 22.0. The molecule has 2 amide bonds. The number of ketones is 1. The first kappa shape index (κ1) is 21.7. The van der Waals surface area contributed by atoms with Crippen LogP contribution in [0.5, 0.6) is 0 Å². The van der Waals surface area contributed by atoms with Crippen LogP contribution in [-0.4, -0.2) is 48.7 Å². The number of amides is 2. The summed E-state index contributed by atoms with van der Waals surface area (Å²) in [6, 6.07) is 14.5. The lowest BCUT2D eigenvalue weighted by atomic mass is 9.83. The zero-order valence-corrected chi connectivity index (χ0v) is 18.5. The molecule has 0 bridgehead atoms. The highest BCUT2D eigenvalue weighted by Gasteiger charge is 2.47. The van der Waals surface area contributed by atoms with Crippen molar-refractivity contribution >= 4 is 46.5 Å². The first-order valence-corrected chi connectivity index (χ1v) is 11.0. The van der Waals surface area contributed by atoms with E-state index in [0.29, 0.717) is 41.8 Å². The van der Waals surface area contributed by atoms with E-state index in [1.165, 1.54) is 0 Å². The van der Waals surface area contributed by atoms with E-state index in [1.807, 2.05) is 29.2 Å². The minimum Gasteiger partial charge on any atom is -0.368 e. The van der Waals surface area contributed by atoms with Gasteiger partial charge in [0.1, 0.15) is 5.54 Å². The van der Waals surface area contributed by atoms with Gasteiger partial charge in [0.25, 0.3) is 0 Å². The van der Waals surface area contributed by atoms with Crippen molar-refractivity contribution in [2.24, 2.45) is 0 Å². The van der Waals surface area contributed by atoms with Crippen molar-refractivity contribution < 1.29 is 14.4 Å². The summed E-state index contributed by atoms with van der Waals surface area (Å²) in [7, 11) is 0. The van der Waals surface area contributed by atoms with Crippen LogP contribution in [0, 0.1) is 0 Å². The lowest BCUT2D eigenvalue weighted by Gasteiger charge is -2.37. The lowest BCUT2D eigenvalue weighted by Crippen LogP contribution is -2.50. The summed E-state index contributed by atoms with van der Waals surface area (Å²) in [5, 5.41) is 4.05. The quantitative estimate of drug-likeness (QED) is 0.695. The monoisotopic (exact) mass is 459 g/mol. The molecule has 2 fully saturated rings. The minimum absolute atomic E-state index is 0.0203. The molecule has 2 saturated heterocycles. The van der Waals surface area contributed by atoms with Gasteiger partial charge in [-0.1, -0.05) is 41.4 Å². The summed E-state index contributed by atoms with van der Waals surface area (Å²) in [6.45, 7) is 2.62. The van der Waals surface area contributed by atoms with E-state index in [9.17, 15) is 14.4 Å². The molecule has 2 aliphatic rings. The number of nitrogens with zero attached hydrogens (tertiary/aromatic N) is 2. The molecule has 0 saturated carbocycles. The topological polar surface area (TPSA) is 69.7 Å². The van der Waals surface area contributed by atoms with E-state index in [0.717, 1.165) is 5.69 Å². The van der Waals surface area contributed by atoms with Gasteiger partial charge >= 0.3 is 0 Å². The van der Waals surface area contributed by atoms with Crippen molar-refractivity contribution in [2.45, 2.75) is 24.8 Å². The average molecular weight is 460 g/mol. The van der Waals surface area contributed by atoms with Gasteiger partial charge in [0, 0.05) is 48.3 Å². The number of benzene rings is 2.